The van der Waals surface area contributed by atoms with E-state index in [1.807, 2.05) is 19.1 Å². The average Bonchev–Trinajstić information content (AvgIpc) is 3.02. The van der Waals surface area contributed by atoms with Crippen LogP contribution in [0.4, 0.5) is 0 Å². The summed E-state index contributed by atoms with van der Waals surface area (Å²) in [5, 5.41) is 16.0. The molecule has 2 unspecified atom stereocenters. The van der Waals surface area contributed by atoms with Crippen LogP contribution in [0.15, 0.2) is 36.5 Å². The smallest absolute Gasteiger partial charge is 0.328 e. The van der Waals surface area contributed by atoms with Gasteiger partial charge in [-0.2, -0.15) is 5.10 Å². The maximum atomic E-state index is 12.5. The predicted octanol–water partition coefficient (Wildman–Crippen LogP) is 3.32. The van der Waals surface area contributed by atoms with E-state index in [-0.39, 0.29) is 23.1 Å². The third-order valence-corrected chi connectivity index (χ3v) is 4.25. The lowest BCUT2D eigenvalue weighted by atomic mass is 9.86. The Morgan fingerprint density at radius 2 is 1.72 bits per heavy atom. The Labute approximate surface area is 147 Å². The molecule has 0 spiro atoms. The predicted molar refractivity (Wildman–Crippen MR) is 95.6 cm³/mol. The van der Waals surface area contributed by atoms with Crippen LogP contribution in [-0.2, 0) is 10.2 Å². The van der Waals surface area contributed by atoms with E-state index < -0.39 is 12.0 Å². The Morgan fingerprint density at radius 3 is 2.24 bits per heavy atom. The molecule has 1 aromatic carbocycles. The molecule has 2 N–H and O–H groups in total. The van der Waals surface area contributed by atoms with Crippen molar-refractivity contribution in [2.75, 3.05) is 0 Å². The highest BCUT2D eigenvalue weighted by Crippen LogP contribution is 2.24. The average molecular weight is 343 g/mol. The fourth-order valence-corrected chi connectivity index (χ4v) is 2.53. The van der Waals surface area contributed by atoms with Gasteiger partial charge in [0.2, 0.25) is 0 Å². The minimum Gasteiger partial charge on any atom is -0.480 e. The number of amides is 1. The van der Waals surface area contributed by atoms with Gasteiger partial charge in [-0.25, -0.2) is 9.48 Å². The zero-order chi connectivity index (χ0) is 18.8. The molecule has 1 amide bonds. The van der Waals surface area contributed by atoms with Crippen molar-refractivity contribution < 1.29 is 14.7 Å². The van der Waals surface area contributed by atoms with Crippen molar-refractivity contribution >= 4 is 11.9 Å². The second kappa shape index (κ2) is 7.09. The normalized spacial score (nSPS) is 14.0. The summed E-state index contributed by atoms with van der Waals surface area (Å²) >= 11 is 0. The van der Waals surface area contributed by atoms with Crippen molar-refractivity contribution in [3.8, 4) is 0 Å². The number of carboxylic acid groups (broad SMARTS) is 1. The van der Waals surface area contributed by atoms with E-state index in [2.05, 4.69) is 43.3 Å². The molecule has 1 aromatic heterocycles. The standard InChI is InChI=1S/C19H25N3O3/c1-12(14-6-8-15(9-7-14)19(3,4)5)21-17(23)16-10-11-20-22(16)13(2)18(24)25/h6-13H,1-5H3,(H,21,23)(H,24,25). The SMILES string of the molecule is CC(NC(=O)c1ccnn1C(C)C(=O)O)c1ccc(C(C)(C)C)cc1. The third-order valence-electron chi connectivity index (χ3n) is 4.25. The monoisotopic (exact) mass is 343 g/mol. The zero-order valence-corrected chi connectivity index (χ0v) is 15.3. The summed E-state index contributed by atoms with van der Waals surface area (Å²) in [6.07, 6.45) is 1.43. The van der Waals surface area contributed by atoms with Gasteiger partial charge in [0.1, 0.15) is 11.7 Å². The zero-order valence-electron chi connectivity index (χ0n) is 15.3. The van der Waals surface area contributed by atoms with Crippen LogP contribution >= 0.6 is 0 Å². The van der Waals surface area contributed by atoms with Gasteiger partial charge < -0.3 is 10.4 Å². The van der Waals surface area contributed by atoms with Crippen molar-refractivity contribution in [3.05, 3.63) is 53.3 Å². The number of carbonyl (C=O) groups excluding carboxylic acids is 1. The van der Waals surface area contributed by atoms with Crippen LogP contribution in [-0.4, -0.2) is 26.8 Å². The number of hydrogen-bond acceptors (Lipinski definition) is 3. The molecule has 0 aliphatic rings. The molecule has 134 valence electrons. The largest absolute Gasteiger partial charge is 0.480 e. The molecule has 0 saturated carbocycles. The van der Waals surface area contributed by atoms with E-state index in [9.17, 15) is 9.59 Å². The number of aromatic nitrogens is 2. The third kappa shape index (κ3) is 4.26. The summed E-state index contributed by atoms with van der Waals surface area (Å²) in [6, 6.07) is 8.54. The minimum absolute atomic E-state index is 0.0739. The van der Waals surface area contributed by atoms with Gasteiger partial charge in [-0.05, 0) is 36.5 Å². The maximum Gasteiger partial charge on any atom is 0.328 e. The second-order valence-electron chi connectivity index (χ2n) is 7.24. The Hall–Kier alpha value is -2.63. The van der Waals surface area contributed by atoms with Crippen molar-refractivity contribution in [3.63, 3.8) is 0 Å². The van der Waals surface area contributed by atoms with E-state index in [0.717, 1.165) is 5.56 Å². The van der Waals surface area contributed by atoms with Crippen LogP contribution in [0, 0.1) is 0 Å². The van der Waals surface area contributed by atoms with Crippen LogP contribution in [0.25, 0.3) is 0 Å². The number of hydrogen-bond donors (Lipinski definition) is 2. The van der Waals surface area contributed by atoms with Crippen molar-refractivity contribution in [2.45, 2.75) is 52.1 Å². The van der Waals surface area contributed by atoms with Crippen LogP contribution in [0.5, 0.6) is 0 Å². The van der Waals surface area contributed by atoms with Crippen molar-refractivity contribution in [2.24, 2.45) is 0 Å². The van der Waals surface area contributed by atoms with E-state index >= 15 is 0 Å². The molecular weight excluding hydrogens is 318 g/mol. The molecule has 0 bridgehead atoms. The highest BCUT2D eigenvalue weighted by atomic mass is 16.4. The number of nitrogens with one attached hydrogen (secondary N) is 1. The Morgan fingerprint density at radius 1 is 1.12 bits per heavy atom. The van der Waals surface area contributed by atoms with Gasteiger partial charge in [0.25, 0.3) is 5.91 Å². The van der Waals surface area contributed by atoms with Crippen molar-refractivity contribution in [1.29, 1.82) is 0 Å². The fourth-order valence-electron chi connectivity index (χ4n) is 2.53. The van der Waals surface area contributed by atoms with Gasteiger partial charge in [0.15, 0.2) is 0 Å². The molecule has 0 saturated heterocycles. The Balaban J connectivity index is 2.13. The lowest BCUT2D eigenvalue weighted by Gasteiger charge is -2.21. The van der Waals surface area contributed by atoms with Gasteiger partial charge in [0.05, 0.1) is 6.04 Å². The van der Waals surface area contributed by atoms with Crippen LogP contribution in [0.3, 0.4) is 0 Å². The van der Waals surface area contributed by atoms with E-state index in [1.165, 1.54) is 29.4 Å². The molecule has 6 heteroatoms. The summed E-state index contributed by atoms with van der Waals surface area (Å²) in [6.45, 7) is 9.83. The number of carbonyl (C=O) groups is 2. The second-order valence-corrected chi connectivity index (χ2v) is 7.24. The molecule has 0 radical (unpaired) electrons. The summed E-state index contributed by atoms with van der Waals surface area (Å²) in [5.41, 5.74) is 2.51. The minimum atomic E-state index is -1.04. The lowest BCUT2D eigenvalue weighted by molar-refractivity contribution is -0.140. The van der Waals surface area contributed by atoms with Crippen LogP contribution in [0.2, 0.25) is 0 Å². The van der Waals surface area contributed by atoms with Crippen molar-refractivity contribution in [1.82, 2.24) is 15.1 Å². The summed E-state index contributed by atoms with van der Waals surface area (Å²) < 4.78 is 1.22. The summed E-state index contributed by atoms with van der Waals surface area (Å²) in [4.78, 5) is 23.6. The molecule has 1 heterocycles. The first-order valence-electron chi connectivity index (χ1n) is 8.29. The van der Waals surface area contributed by atoms with E-state index in [1.54, 1.807) is 0 Å². The van der Waals surface area contributed by atoms with Gasteiger partial charge in [0, 0.05) is 6.20 Å². The molecule has 25 heavy (non-hydrogen) atoms. The van der Waals surface area contributed by atoms with E-state index in [4.69, 9.17) is 5.11 Å². The van der Waals surface area contributed by atoms with Gasteiger partial charge in [-0.3, -0.25) is 4.79 Å². The number of carboxylic acids is 1. The van der Waals surface area contributed by atoms with Crippen LogP contribution in [0.1, 0.15) is 68.3 Å². The molecule has 0 aliphatic heterocycles. The Bertz CT molecular complexity index is 757. The fraction of sp³-hybridized carbons (Fsp3) is 0.421. The molecule has 0 aliphatic carbocycles. The first kappa shape index (κ1) is 18.7. The molecule has 2 aromatic rings. The molecule has 2 rings (SSSR count). The first-order chi connectivity index (χ1) is 11.6. The number of nitrogens with zero attached hydrogens (tertiary/aromatic N) is 2. The molecule has 6 nitrogen and oxygen atoms in total. The van der Waals surface area contributed by atoms with Gasteiger partial charge >= 0.3 is 5.97 Å². The molecule has 0 fully saturated rings. The number of rotatable bonds is 5. The molecule has 2 atom stereocenters. The Kier molecular flexibility index (Phi) is 5.30. The molecular formula is C19H25N3O3. The van der Waals surface area contributed by atoms with E-state index in [0.29, 0.717) is 0 Å². The summed E-state index contributed by atoms with van der Waals surface area (Å²) in [7, 11) is 0. The maximum absolute atomic E-state index is 12.5. The highest BCUT2D eigenvalue weighted by Gasteiger charge is 2.22. The van der Waals surface area contributed by atoms with Gasteiger partial charge in [-0.15, -0.1) is 0 Å². The number of aliphatic carboxylic acids is 1. The summed E-state index contributed by atoms with van der Waals surface area (Å²) in [5.74, 6) is -1.39. The quantitative estimate of drug-likeness (QED) is 0.872. The van der Waals surface area contributed by atoms with Gasteiger partial charge in [-0.1, -0.05) is 45.0 Å². The lowest BCUT2D eigenvalue weighted by Crippen LogP contribution is -2.31. The topological polar surface area (TPSA) is 84.2 Å². The number of benzene rings is 1. The van der Waals surface area contributed by atoms with Crippen LogP contribution < -0.4 is 5.32 Å². The highest BCUT2D eigenvalue weighted by molar-refractivity contribution is 5.93. The first-order valence-corrected chi connectivity index (χ1v) is 8.29.